The summed E-state index contributed by atoms with van der Waals surface area (Å²) in [5, 5.41) is 2.80. The summed E-state index contributed by atoms with van der Waals surface area (Å²) in [4.78, 5) is 19.1. The van der Waals surface area contributed by atoms with Gasteiger partial charge in [-0.2, -0.15) is 0 Å². The second kappa shape index (κ2) is 10.3. The SMILES string of the molecule is CCN(CCCNC(=O)NOCc1ccccc1)c1ccccc1. The first-order valence-electron chi connectivity index (χ1n) is 8.29. The molecule has 2 aromatic carbocycles. The van der Waals surface area contributed by atoms with Crippen LogP contribution in [-0.2, 0) is 11.4 Å². The molecule has 0 bridgehead atoms. The third-order valence-electron chi connectivity index (χ3n) is 3.64. The van der Waals surface area contributed by atoms with Crippen LogP contribution in [0.25, 0.3) is 0 Å². The van der Waals surface area contributed by atoms with Crippen molar-refractivity contribution < 1.29 is 9.63 Å². The van der Waals surface area contributed by atoms with Crippen LogP contribution in [0.4, 0.5) is 10.5 Å². The average molecular weight is 327 g/mol. The van der Waals surface area contributed by atoms with Crippen LogP contribution in [0, 0.1) is 0 Å². The lowest BCUT2D eigenvalue weighted by atomic mass is 10.2. The van der Waals surface area contributed by atoms with Crippen LogP contribution in [-0.4, -0.2) is 25.7 Å². The Morgan fingerprint density at radius 2 is 1.71 bits per heavy atom. The molecule has 0 unspecified atom stereocenters. The first-order chi connectivity index (χ1) is 11.8. The van der Waals surface area contributed by atoms with E-state index >= 15 is 0 Å². The number of amides is 2. The van der Waals surface area contributed by atoms with Gasteiger partial charge in [-0.15, -0.1) is 0 Å². The summed E-state index contributed by atoms with van der Waals surface area (Å²) in [5.74, 6) is 0. The molecule has 0 spiro atoms. The van der Waals surface area contributed by atoms with Gasteiger partial charge in [-0.25, -0.2) is 10.3 Å². The van der Waals surface area contributed by atoms with Gasteiger partial charge in [-0.1, -0.05) is 48.5 Å². The molecular formula is C19H25N3O2. The van der Waals surface area contributed by atoms with Gasteiger partial charge in [-0.3, -0.25) is 4.84 Å². The third kappa shape index (κ3) is 6.30. The molecule has 2 N–H and O–H groups in total. The maximum absolute atomic E-state index is 11.7. The summed E-state index contributed by atoms with van der Waals surface area (Å²) < 4.78 is 0. The number of urea groups is 1. The molecule has 0 saturated heterocycles. The fourth-order valence-electron chi connectivity index (χ4n) is 2.38. The number of hydrogen-bond acceptors (Lipinski definition) is 3. The Balaban J connectivity index is 1.58. The molecule has 0 saturated carbocycles. The molecule has 2 rings (SSSR count). The molecule has 0 aliphatic carbocycles. The fraction of sp³-hybridized carbons (Fsp3) is 0.316. The van der Waals surface area contributed by atoms with Gasteiger partial charge in [-0.05, 0) is 31.0 Å². The minimum atomic E-state index is -0.311. The van der Waals surface area contributed by atoms with Crippen molar-refractivity contribution in [3.05, 3.63) is 66.2 Å². The summed E-state index contributed by atoms with van der Waals surface area (Å²) in [6.45, 7) is 4.92. The molecular weight excluding hydrogens is 302 g/mol. The predicted octanol–water partition coefficient (Wildman–Crippen LogP) is 3.33. The van der Waals surface area contributed by atoms with Crippen LogP contribution in [0.15, 0.2) is 60.7 Å². The molecule has 0 aliphatic rings. The van der Waals surface area contributed by atoms with Gasteiger partial charge in [0.15, 0.2) is 0 Å². The number of para-hydroxylation sites is 1. The average Bonchev–Trinajstić information content (AvgIpc) is 2.63. The van der Waals surface area contributed by atoms with Crippen LogP contribution in [0.5, 0.6) is 0 Å². The van der Waals surface area contributed by atoms with Crippen molar-refractivity contribution in [2.75, 3.05) is 24.5 Å². The van der Waals surface area contributed by atoms with E-state index < -0.39 is 0 Å². The number of anilines is 1. The number of nitrogens with one attached hydrogen (secondary N) is 2. The largest absolute Gasteiger partial charge is 0.372 e. The number of benzene rings is 2. The number of nitrogens with zero attached hydrogens (tertiary/aromatic N) is 1. The van der Waals surface area contributed by atoms with Crippen molar-refractivity contribution in [3.63, 3.8) is 0 Å². The Kier molecular flexibility index (Phi) is 7.63. The van der Waals surface area contributed by atoms with Gasteiger partial charge in [0, 0.05) is 25.3 Å². The van der Waals surface area contributed by atoms with E-state index in [4.69, 9.17) is 4.84 Å². The number of carbonyl (C=O) groups is 1. The van der Waals surface area contributed by atoms with Crippen LogP contribution < -0.4 is 15.7 Å². The number of rotatable bonds is 9. The van der Waals surface area contributed by atoms with E-state index in [1.165, 1.54) is 5.69 Å². The maximum Gasteiger partial charge on any atom is 0.338 e. The van der Waals surface area contributed by atoms with Crippen molar-refractivity contribution in [3.8, 4) is 0 Å². The number of hydroxylamine groups is 1. The molecule has 0 aliphatic heterocycles. The van der Waals surface area contributed by atoms with Crippen LogP contribution in [0.1, 0.15) is 18.9 Å². The summed E-state index contributed by atoms with van der Waals surface area (Å²) >= 11 is 0. The lowest BCUT2D eigenvalue weighted by Crippen LogP contribution is -2.37. The second-order valence-electron chi connectivity index (χ2n) is 5.40. The van der Waals surface area contributed by atoms with E-state index in [2.05, 4.69) is 34.8 Å². The highest BCUT2D eigenvalue weighted by Crippen LogP contribution is 2.12. The zero-order valence-corrected chi connectivity index (χ0v) is 14.1. The molecule has 0 fully saturated rings. The lowest BCUT2D eigenvalue weighted by Gasteiger charge is -2.23. The highest BCUT2D eigenvalue weighted by molar-refractivity contribution is 5.72. The molecule has 2 amide bonds. The quantitative estimate of drug-likeness (QED) is 0.549. The molecule has 24 heavy (non-hydrogen) atoms. The van der Waals surface area contributed by atoms with Gasteiger partial charge in [0.2, 0.25) is 0 Å². The predicted molar refractivity (Wildman–Crippen MR) is 96.7 cm³/mol. The topological polar surface area (TPSA) is 53.6 Å². The van der Waals surface area contributed by atoms with Gasteiger partial charge in [0.1, 0.15) is 0 Å². The van der Waals surface area contributed by atoms with E-state index in [1.807, 2.05) is 48.5 Å². The van der Waals surface area contributed by atoms with Gasteiger partial charge >= 0.3 is 6.03 Å². The molecule has 0 radical (unpaired) electrons. The van der Waals surface area contributed by atoms with Crippen molar-refractivity contribution in [2.45, 2.75) is 20.0 Å². The van der Waals surface area contributed by atoms with E-state index in [1.54, 1.807) is 0 Å². The van der Waals surface area contributed by atoms with Crippen LogP contribution >= 0.6 is 0 Å². The highest BCUT2D eigenvalue weighted by atomic mass is 16.7. The molecule has 128 valence electrons. The van der Waals surface area contributed by atoms with E-state index in [0.29, 0.717) is 13.2 Å². The molecule has 5 nitrogen and oxygen atoms in total. The molecule has 0 atom stereocenters. The Bertz CT molecular complexity index is 590. The molecule has 2 aromatic rings. The minimum Gasteiger partial charge on any atom is -0.372 e. The minimum absolute atomic E-state index is 0.311. The smallest absolute Gasteiger partial charge is 0.338 e. The summed E-state index contributed by atoms with van der Waals surface area (Å²) in [7, 11) is 0. The summed E-state index contributed by atoms with van der Waals surface area (Å²) in [5.41, 5.74) is 4.62. The zero-order chi connectivity index (χ0) is 17.0. The summed E-state index contributed by atoms with van der Waals surface area (Å²) in [6, 6.07) is 19.7. The van der Waals surface area contributed by atoms with Gasteiger partial charge in [0.05, 0.1) is 6.61 Å². The first kappa shape index (κ1) is 17.8. The molecule has 0 aromatic heterocycles. The molecule has 5 heteroatoms. The van der Waals surface area contributed by atoms with Crippen molar-refractivity contribution in [1.82, 2.24) is 10.8 Å². The number of hydrogen-bond donors (Lipinski definition) is 2. The van der Waals surface area contributed by atoms with Crippen molar-refractivity contribution in [1.29, 1.82) is 0 Å². The van der Waals surface area contributed by atoms with Gasteiger partial charge in [0.25, 0.3) is 0 Å². The normalized spacial score (nSPS) is 10.2. The molecule has 0 heterocycles. The van der Waals surface area contributed by atoms with E-state index in [-0.39, 0.29) is 6.03 Å². The highest BCUT2D eigenvalue weighted by Gasteiger charge is 2.04. The van der Waals surface area contributed by atoms with Gasteiger partial charge < -0.3 is 10.2 Å². The lowest BCUT2D eigenvalue weighted by molar-refractivity contribution is 0.0491. The Labute approximate surface area is 143 Å². The third-order valence-corrected chi connectivity index (χ3v) is 3.64. The van der Waals surface area contributed by atoms with Crippen LogP contribution in [0.2, 0.25) is 0 Å². The monoisotopic (exact) mass is 327 g/mol. The van der Waals surface area contributed by atoms with Crippen molar-refractivity contribution >= 4 is 11.7 Å². The zero-order valence-electron chi connectivity index (χ0n) is 14.1. The van der Waals surface area contributed by atoms with E-state index in [0.717, 1.165) is 25.1 Å². The Morgan fingerprint density at radius 3 is 2.38 bits per heavy atom. The first-order valence-corrected chi connectivity index (χ1v) is 8.29. The number of carbonyl (C=O) groups excluding carboxylic acids is 1. The van der Waals surface area contributed by atoms with Crippen molar-refractivity contribution in [2.24, 2.45) is 0 Å². The Morgan fingerprint density at radius 1 is 1.04 bits per heavy atom. The van der Waals surface area contributed by atoms with Crippen LogP contribution in [0.3, 0.4) is 0 Å². The Hall–Kier alpha value is -2.53. The van der Waals surface area contributed by atoms with E-state index in [9.17, 15) is 4.79 Å². The maximum atomic E-state index is 11.7. The fourth-order valence-corrected chi connectivity index (χ4v) is 2.38. The summed E-state index contributed by atoms with van der Waals surface area (Å²) in [6.07, 6.45) is 0.870. The second-order valence-corrected chi connectivity index (χ2v) is 5.40. The standard InChI is InChI=1S/C19H25N3O2/c1-2-22(18-12-7-4-8-13-18)15-9-14-20-19(23)21-24-16-17-10-5-3-6-11-17/h3-8,10-13H,2,9,14-16H2,1H3,(H2,20,21,23).